The van der Waals surface area contributed by atoms with Gasteiger partial charge in [-0.3, -0.25) is 20.3 Å². The van der Waals surface area contributed by atoms with Crippen molar-refractivity contribution in [1.82, 2.24) is 15.8 Å². The molecule has 0 spiro atoms. The SMILES string of the molecule is COc1ccc(S(=O)(=O)C(NC(C(=O)NO)C(C)C)c2cccnc2)cc1. The summed E-state index contributed by atoms with van der Waals surface area (Å²) in [5.74, 6) is -0.467. The Hall–Kier alpha value is -2.49. The van der Waals surface area contributed by atoms with Crippen molar-refractivity contribution in [2.75, 3.05) is 7.11 Å². The maximum atomic E-state index is 13.3. The second-order valence-corrected chi connectivity index (χ2v) is 8.28. The van der Waals surface area contributed by atoms with Gasteiger partial charge in [0.25, 0.3) is 5.91 Å². The molecule has 1 amide bonds. The van der Waals surface area contributed by atoms with Crippen LogP contribution in [0.25, 0.3) is 0 Å². The van der Waals surface area contributed by atoms with Crippen molar-refractivity contribution >= 4 is 15.7 Å². The molecule has 0 saturated heterocycles. The van der Waals surface area contributed by atoms with E-state index < -0.39 is 27.2 Å². The minimum atomic E-state index is -3.92. The number of hydrogen-bond donors (Lipinski definition) is 3. The van der Waals surface area contributed by atoms with Crippen LogP contribution in [0.5, 0.6) is 5.75 Å². The summed E-state index contributed by atoms with van der Waals surface area (Å²) in [5, 5.41) is 10.6. The first-order chi connectivity index (χ1) is 12.8. The molecular formula is C18H23N3O5S. The third-order valence-corrected chi connectivity index (χ3v) is 6.03. The van der Waals surface area contributed by atoms with Gasteiger partial charge in [0.05, 0.1) is 18.0 Å². The lowest BCUT2D eigenvalue weighted by atomic mass is 10.0. The molecule has 9 heteroatoms. The summed E-state index contributed by atoms with van der Waals surface area (Å²) in [6.45, 7) is 3.49. The van der Waals surface area contributed by atoms with Gasteiger partial charge in [0.2, 0.25) is 0 Å². The van der Waals surface area contributed by atoms with Crippen molar-refractivity contribution in [3.63, 3.8) is 0 Å². The fourth-order valence-corrected chi connectivity index (χ4v) is 4.21. The van der Waals surface area contributed by atoms with E-state index in [2.05, 4.69) is 10.3 Å². The number of ether oxygens (including phenoxy) is 1. The Kier molecular flexibility index (Phi) is 6.89. The maximum Gasteiger partial charge on any atom is 0.260 e. The zero-order valence-electron chi connectivity index (χ0n) is 15.3. The number of amides is 1. The molecule has 8 nitrogen and oxygen atoms in total. The van der Waals surface area contributed by atoms with Gasteiger partial charge in [-0.2, -0.15) is 0 Å². The molecule has 3 N–H and O–H groups in total. The summed E-state index contributed by atoms with van der Waals surface area (Å²) in [5.41, 5.74) is 1.96. The summed E-state index contributed by atoms with van der Waals surface area (Å²) in [4.78, 5) is 16.1. The van der Waals surface area contributed by atoms with Crippen molar-refractivity contribution in [2.45, 2.75) is 30.2 Å². The van der Waals surface area contributed by atoms with Gasteiger partial charge in [0.1, 0.15) is 11.1 Å². The summed E-state index contributed by atoms with van der Waals surface area (Å²) >= 11 is 0. The fourth-order valence-electron chi connectivity index (χ4n) is 2.60. The molecule has 2 rings (SSSR count). The topological polar surface area (TPSA) is 118 Å². The van der Waals surface area contributed by atoms with Crippen molar-refractivity contribution in [2.24, 2.45) is 5.92 Å². The number of methoxy groups -OCH3 is 1. The molecule has 0 bridgehead atoms. The molecule has 27 heavy (non-hydrogen) atoms. The summed E-state index contributed by atoms with van der Waals surface area (Å²) in [7, 11) is -2.43. The Bertz CT molecular complexity index is 854. The average molecular weight is 393 g/mol. The van der Waals surface area contributed by atoms with Crippen LogP contribution in [-0.4, -0.2) is 37.7 Å². The molecule has 2 atom stereocenters. The number of nitrogens with zero attached hydrogens (tertiary/aromatic N) is 1. The number of nitrogens with one attached hydrogen (secondary N) is 2. The Morgan fingerprint density at radius 3 is 2.33 bits per heavy atom. The molecule has 0 aliphatic heterocycles. The van der Waals surface area contributed by atoms with Gasteiger partial charge in [0, 0.05) is 18.0 Å². The highest BCUT2D eigenvalue weighted by molar-refractivity contribution is 7.91. The number of rotatable bonds is 8. The van der Waals surface area contributed by atoms with Crippen LogP contribution in [0.4, 0.5) is 0 Å². The number of hydroxylamine groups is 1. The maximum absolute atomic E-state index is 13.3. The van der Waals surface area contributed by atoms with Gasteiger partial charge >= 0.3 is 0 Å². The van der Waals surface area contributed by atoms with Crippen molar-refractivity contribution in [3.05, 3.63) is 54.4 Å². The second kappa shape index (κ2) is 8.94. The van der Waals surface area contributed by atoms with E-state index in [4.69, 9.17) is 9.94 Å². The molecule has 1 aromatic carbocycles. The van der Waals surface area contributed by atoms with Crippen LogP contribution in [0, 0.1) is 5.92 Å². The molecule has 2 unspecified atom stereocenters. The summed E-state index contributed by atoms with van der Waals surface area (Å²) in [6.07, 6.45) is 2.95. The number of carbonyl (C=O) groups is 1. The van der Waals surface area contributed by atoms with E-state index in [0.717, 1.165) is 0 Å². The van der Waals surface area contributed by atoms with E-state index in [1.807, 2.05) is 0 Å². The fraction of sp³-hybridized carbons (Fsp3) is 0.333. The number of carbonyl (C=O) groups excluding carboxylic acids is 1. The predicted octanol–water partition coefficient (Wildman–Crippen LogP) is 1.68. The molecule has 0 aliphatic rings. The number of pyridine rings is 1. The number of hydrogen-bond acceptors (Lipinski definition) is 7. The lowest BCUT2D eigenvalue weighted by Gasteiger charge is -2.27. The van der Waals surface area contributed by atoms with E-state index in [0.29, 0.717) is 11.3 Å². The summed E-state index contributed by atoms with van der Waals surface area (Å²) in [6, 6.07) is 8.27. The first kappa shape index (κ1) is 20.8. The number of aromatic nitrogens is 1. The van der Waals surface area contributed by atoms with E-state index in [-0.39, 0.29) is 10.8 Å². The van der Waals surface area contributed by atoms with Crippen LogP contribution in [0.1, 0.15) is 24.8 Å². The molecule has 1 aromatic heterocycles. The van der Waals surface area contributed by atoms with Crippen molar-refractivity contribution < 1.29 is 23.2 Å². The molecule has 0 radical (unpaired) electrons. The van der Waals surface area contributed by atoms with Crippen LogP contribution in [0.3, 0.4) is 0 Å². The lowest BCUT2D eigenvalue weighted by Crippen LogP contribution is -2.49. The van der Waals surface area contributed by atoms with E-state index >= 15 is 0 Å². The number of benzene rings is 1. The van der Waals surface area contributed by atoms with Gasteiger partial charge < -0.3 is 4.74 Å². The predicted molar refractivity (Wildman–Crippen MR) is 98.8 cm³/mol. The van der Waals surface area contributed by atoms with E-state index in [1.54, 1.807) is 43.6 Å². The minimum Gasteiger partial charge on any atom is -0.497 e. The third-order valence-electron chi connectivity index (χ3n) is 4.08. The highest BCUT2D eigenvalue weighted by Gasteiger charge is 2.34. The normalized spacial score (nSPS) is 13.8. The average Bonchev–Trinajstić information content (AvgIpc) is 2.68. The molecule has 1 heterocycles. The molecule has 0 saturated carbocycles. The highest BCUT2D eigenvalue weighted by Crippen LogP contribution is 2.29. The molecule has 2 aromatic rings. The standard InChI is InChI=1S/C18H23N3O5S/c1-12(2)16(17(22)21-23)20-18(13-5-4-10-19-11-13)27(24,25)15-8-6-14(26-3)7-9-15/h4-12,16,18,20,23H,1-3H3,(H,21,22). The van der Waals surface area contributed by atoms with Gasteiger partial charge in [-0.25, -0.2) is 13.9 Å². The molecule has 0 fully saturated rings. The largest absolute Gasteiger partial charge is 0.497 e. The Labute approximate surface area is 158 Å². The number of sulfone groups is 1. The van der Waals surface area contributed by atoms with Gasteiger partial charge in [-0.1, -0.05) is 19.9 Å². The van der Waals surface area contributed by atoms with Crippen LogP contribution in [0.15, 0.2) is 53.7 Å². The van der Waals surface area contributed by atoms with E-state index in [9.17, 15) is 13.2 Å². The van der Waals surface area contributed by atoms with Crippen LogP contribution in [-0.2, 0) is 14.6 Å². The smallest absolute Gasteiger partial charge is 0.260 e. The monoisotopic (exact) mass is 393 g/mol. The van der Waals surface area contributed by atoms with Crippen LogP contribution >= 0.6 is 0 Å². The molecule has 0 aliphatic carbocycles. The Morgan fingerprint density at radius 1 is 1.19 bits per heavy atom. The second-order valence-electron chi connectivity index (χ2n) is 6.25. The van der Waals surface area contributed by atoms with Crippen molar-refractivity contribution in [3.8, 4) is 5.75 Å². The minimum absolute atomic E-state index is 0.0663. The zero-order valence-corrected chi connectivity index (χ0v) is 16.1. The Morgan fingerprint density at radius 2 is 1.85 bits per heavy atom. The quantitative estimate of drug-likeness (QED) is 0.461. The first-order valence-corrected chi connectivity index (χ1v) is 9.83. The Balaban J connectivity index is 2.50. The first-order valence-electron chi connectivity index (χ1n) is 8.29. The van der Waals surface area contributed by atoms with Crippen LogP contribution < -0.4 is 15.5 Å². The van der Waals surface area contributed by atoms with E-state index in [1.165, 1.54) is 31.6 Å². The zero-order chi connectivity index (χ0) is 20.0. The lowest BCUT2D eigenvalue weighted by molar-refractivity contribution is -0.132. The highest BCUT2D eigenvalue weighted by atomic mass is 32.2. The third kappa shape index (κ3) is 4.82. The molecule has 146 valence electrons. The van der Waals surface area contributed by atoms with Gasteiger partial charge in [-0.15, -0.1) is 0 Å². The molecular weight excluding hydrogens is 370 g/mol. The van der Waals surface area contributed by atoms with Crippen LogP contribution in [0.2, 0.25) is 0 Å². The summed E-state index contributed by atoms with van der Waals surface area (Å²) < 4.78 is 31.6. The van der Waals surface area contributed by atoms with Crippen molar-refractivity contribution in [1.29, 1.82) is 0 Å². The van der Waals surface area contributed by atoms with Gasteiger partial charge in [0.15, 0.2) is 9.84 Å². The van der Waals surface area contributed by atoms with Gasteiger partial charge in [-0.05, 0) is 36.2 Å².